The number of methoxy groups -OCH3 is 2. The summed E-state index contributed by atoms with van der Waals surface area (Å²) >= 11 is 1.79. The molecule has 0 bridgehead atoms. The van der Waals surface area contributed by atoms with Gasteiger partial charge in [0.05, 0.1) is 14.2 Å². The lowest BCUT2D eigenvalue weighted by atomic mass is 9.94. The van der Waals surface area contributed by atoms with E-state index in [1.54, 1.807) is 25.6 Å². The second-order valence-electron chi connectivity index (χ2n) is 4.42. The van der Waals surface area contributed by atoms with Crippen molar-refractivity contribution in [2.75, 3.05) is 14.2 Å². The van der Waals surface area contributed by atoms with Crippen LogP contribution in [0.5, 0.6) is 11.5 Å². The molecule has 3 heteroatoms. The number of ether oxygens (including phenoxy) is 2. The van der Waals surface area contributed by atoms with E-state index in [2.05, 4.69) is 18.4 Å². The van der Waals surface area contributed by atoms with Crippen LogP contribution in [0.15, 0.2) is 23.6 Å². The molecule has 0 radical (unpaired) electrons. The van der Waals surface area contributed by atoms with Gasteiger partial charge in [0.25, 0.3) is 0 Å². The van der Waals surface area contributed by atoms with Crippen molar-refractivity contribution in [3.63, 3.8) is 0 Å². The first-order valence-corrected chi connectivity index (χ1v) is 7.02. The van der Waals surface area contributed by atoms with Gasteiger partial charge in [0.1, 0.15) is 11.5 Å². The zero-order chi connectivity index (χ0) is 12.7. The van der Waals surface area contributed by atoms with Crippen molar-refractivity contribution in [3.8, 4) is 21.9 Å². The molecule has 1 aliphatic rings. The third kappa shape index (κ3) is 1.40. The lowest BCUT2D eigenvalue weighted by Gasteiger charge is -2.15. The van der Waals surface area contributed by atoms with E-state index in [0.717, 1.165) is 17.9 Å². The van der Waals surface area contributed by atoms with Crippen LogP contribution >= 0.6 is 11.3 Å². The molecule has 94 valence electrons. The molecule has 2 aromatic rings. The van der Waals surface area contributed by atoms with E-state index in [-0.39, 0.29) is 0 Å². The van der Waals surface area contributed by atoms with E-state index in [1.807, 2.05) is 12.1 Å². The molecule has 0 fully saturated rings. The lowest BCUT2D eigenvalue weighted by Crippen LogP contribution is -1.98. The molecule has 0 saturated carbocycles. The van der Waals surface area contributed by atoms with Gasteiger partial charge in [-0.15, -0.1) is 11.3 Å². The Bertz CT molecular complexity index is 586. The van der Waals surface area contributed by atoms with Crippen molar-refractivity contribution in [2.45, 2.75) is 19.3 Å². The molecule has 2 nitrogen and oxygen atoms in total. The Hall–Kier alpha value is -1.48. The summed E-state index contributed by atoms with van der Waals surface area (Å²) in [5, 5.41) is 2.16. The molecule has 0 saturated heterocycles. The Morgan fingerprint density at radius 1 is 1.11 bits per heavy atom. The fourth-order valence-corrected chi connectivity index (χ4v) is 3.91. The molecule has 0 aliphatic heterocycles. The molecule has 1 heterocycles. The van der Waals surface area contributed by atoms with Crippen LogP contribution in [-0.2, 0) is 0 Å². The Labute approximate surface area is 111 Å². The monoisotopic (exact) mass is 260 g/mol. The highest BCUT2D eigenvalue weighted by Gasteiger charge is 2.33. The van der Waals surface area contributed by atoms with Gasteiger partial charge in [-0.25, -0.2) is 0 Å². The van der Waals surface area contributed by atoms with E-state index in [1.165, 1.54) is 21.6 Å². The van der Waals surface area contributed by atoms with Gasteiger partial charge in [0, 0.05) is 21.9 Å². The topological polar surface area (TPSA) is 18.5 Å². The summed E-state index contributed by atoms with van der Waals surface area (Å²) in [6, 6.07) is 6.24. The van der Waals surface area contributed by atoms with E-state index in [9.17, 15) is 0 Å². The highest BCUT2D eigenvalue weighted by atomic mass is 32.1. The van der Waals surface area contributed by atoms with Crippen LogP contribution in [0.25, 0.3) is 10.4 Å². The van der Waals surface area contributed by atoms with Gasteiger partial charge in [0.15, 0.2) is 0 Å². The smallest absolute Gasteiger partial charge is 0.128 e. The summed E-state index contributed by atoms with van der Waals surface area (Å²) in [6.07, 6.45) is 1.08. The van der Waals surface area contributed by atoms with Gasteiger partial charge < -0.3 is 9.47 Å². The van der Waals surface area contributed by atoms with Crippen LogP contribution in [-0.4, -0.2) is 14.2 Å². The maximum atomic E-state index is 5.54. The van der Waals surface area contributed by atoms with Gasteiger partial charge in [-0.05, 0) is 35.6 Å². The highest BCUT2D eigenvalue weighted by molar-refractivity contribution is 7.14. The fraction of sp³-hybridized carbons (Fsp3) is 0.333. The van der Waals surface area contributed by atoms with Crippen molar-refractivity contribution in [2.24, 2.45) is 0 Å². The summed E-state index contributed by atoms with van der Waals surface area (Å²) in [7, 11) is 3.47. The second-order valence-corrected chi connectivity index (χ2v) is 5.34. The van der Waals surface area contributed by atoms with E-state index >= 15 is 0 Å². The molecule has 0 N–H and O–H groups in total. The fourth-order valence-electron chi connectivity index (χ4n) is 2.88. The first-order chi connectivity index (χ1) is 8.81. The molecule has 18 heavy (non-hydrogen) atoms. The van der Waals surface area contributed by atoms with Gasteiger partial charge in [-0.3, -0.25) is 0 Å². The summed E-state index contributed by atoms with van der Waals surface area (Å²) in [6.45, 7) is 2.22. The predicted molar refractivity (Wildman–Crippen MR) is 75.0 cm³/mol. The molecule has 1 aliphatic carbocycles. The van der Waals surface area contributed by atoms with Crippen LogP contribution in [0.1, 0.15) is 30.4 Å². The largest absolute Gasteiger partial charge is 0.496 e. The highest BCUT2D eigenvalue weighted by Crippen LogP contribution is 2.55. The van der Waals surface area contributed by atoms with Gasteiger partial charge in [0.2, 0.25) is 0 Å². The van der Waals surface area contributed by atoms with Crippen LogP contribution in [0.4, 0.5) is 0 Å². The Kier molecular flexibility index (Phi) is 2.78. The normalized spacial score (nSPS) is 16.3. The maximum absolute atomic E-state index is 5.54. The molecule has 1 atom stereocenters. The van der Waals surface area contributed by atoms with E-state index < -0.39 is 0 Å². The molecule has 0 amide bonds. The van der Waals surface area contributed by atoms with Crippen molar-refractivity contribution in [1.29, 1.82) is 0 Å². The molecule has 3 rings (SSSR count). The Morgan fingerprint density at radius 2 is 1.83 bits per heavy atom. The molecule has 1 unspecified atom stereocenters. The van der Waals surface area contributed by atoms with Crippen LogP contribution in [0.3, 0.4) is 0 Å². The third-order valence-corrected chi connectivity index (χ3v) is 4.61. The molecule has 1 aromatic heterocycles. The Morgan fingerprint density at radius 3 is 2.50 bits per heavy atom. The second kappa shape index (κ2) is 4.32. The number of rotatable bonds is 3. The zero-order valence-corrected chi connectivity index (χ0v) is 11.6. The van der Waals surface area contributed by atoms with E-state index in [4.69, 9.17) is 9.47 Å². The van der Waals surface area contributed by atoms with Gasteiger partial charge in [-0.1, -0.05) is 6.92 Å². The molecular formula is C15H16O2S. The minimum Gasteiger partial charge on any atom is -0.496 e. The van der Waals surface area contributed by atoms with Crippen molar-refractivity contribution < 1.29 is 9.47 Å². The average Bonchev–Trinajstić information content (AvgIpc) is 2.97. The van der Waals surface area contributed by atoms with Crippen LogP contribution in [0, 0.1) is 0 Å². The lowest BCUT2D eigenvalue weighted by molar-refractivity contribution is 0.399. The first-order valence-electron chi connectivity index (χ1n) is 6.14. The number of benzene rings is 1. The number of fused-ring (bicyclic) bond motifs is 3. The van der Waals surface area contributed by atoms with Crippen molar-refractivity contribution >= 4 is 11.3 Å². The summed E-state index contributed by atoms with van der Waals surface area (Å²) in [5.74, 6) is 2.36. The predicted octanol–water partition coefficient (Wildman–Crippen LogP) is 4.29. The first kappa shape index (κ1) is 11.6. The van der Waals surface area contributed by atoms with Crippen molar-refractivity contribution in [1.82, 2.24) is 0 Å². The summed E-state index contributed by atoms with van der Waals surface area (Å²) < 4.78 is 11.1. The minimum atomic E-state index is 0.436. The number of hydrogen-bond acceptors (Lipinski definition) is 3. The zero-order valence-electron chi connectivity index (χ0n) is 10.8. The third-order valence-electron chi connectivity index (χ3n) is 3.66. The van der Waals surface area contributed by atoms with Crippen LogP contribution in [0.2, 0.25) is 0 Å². The summed E-state index contributed by atoms with van der Waals surface area (Å²) in [5.41, 5.74) is 3.94. The average molecular weight is 260 g/mol. The quantitative estimate of drug-likeness (QED) is 0.819. The molecular weight excluding hydrogens is 244 g/mol. The molecule has 1 aromatic carbocycles. The summed E-state index contributed by atoms with van der Waals surface area (Å²) in [4.78, 5) is 1.34. The molecule has 0 spiro atoms. The maximum Gasteiger partial charge on any atom is 0.128 e. The van der Waals surface area contributed by atoms with Gasteiger partial charge >= 0.3 is 0 Å². The standard InChI is InChI=1S/C15H16O2S/c1-4-9-10-7-8-18-15(10)14-12(17-3)6-5-11(16-2)13(9)14/h5-9H,4H2,1-3H3. The van der Waals surface area contributed by atoms with Crippen LogP contribution < -0.4 is 9.47 Å². The van der Waals surface area contributed by atoms with Crippen molar-refractivity contribution in [3.05, 3.63) is 34.7 Å². The number of thiophene rings is 1. The van der Waals surface area contributed by atoms with Gasteiger partial charge in [-0.2, -0.15) is 0 Å². The number of hydrogen-bond donors (Lipinski definition) is 0. The van der Waals surface area contributed by atoms with E-state index in [0.29, 0.717) is 5.92 Å². The SMILES string of the molecule is CCC1c2ccsc2-c2c(OC)ccc(OC)c21. The minimum absolute atomic E-state index is 0.436. The Balaban J connectivity index is 2.33.